The summed E-state index contributed by atoms with van der Waals surface area (Å²) in [6.07, 6.45) is 2.97. The van der Waals surface area contributed by atoms with E-state index in [2.05, 4.69) is 4.74 Å². The lowest BCUT2D eigenvalue weighted by molar-refractivity contribution is -0.141. The number of hydrogen-bond donors (Lipinski definition) is 1. The van der Waals surface area contributed by atoms with E-state index in [9.17, 15) is 13.2 Å². The molecule has 1 aliphatic rings. The highest BCUT2D eigenvalue weighted by Gasteiger charge is 2.46. The average molecular weight is 235 g/mol. The molecule has 2 unspecified atom stereocenters. The third kappa shape index (κ3) is 2.69. The van der Waals surface area contributed by atoms with Gasteiger partial charge in [0.1, 0.15) is 0 Å². The molecule has 0 amide bonds. The van der Waals surface area contributed by atoms with Gasteiger partial charge in [0, 0.05) is 11.8 Å². The average Bonchev–Trinajstić information content (AvgIpc) is 2.46. The third-order valence-corrected chi connectivity index (χ3v) is 4.71. The van der Waals surface area contributed by atoms with Gasteiger partial charge in [-0.25, -0.2) is 8.42 Å². The maximum atomic E-state index is 11.5. The van der Waals surface area contributed by atoms with E-state index in [-0.39, 0.29) is 6.42 Å². The summed E-state index contributed by atoms with van der Waals surface area (Å²) >= 11 is 0. The first-order valence-electron chi connectivity index (χ1n) is 4.84. The molecular weight excluding hydrogens is 218 g/mol. The molecule has 0 bridgehead atoms. The highest BCUT2D eigenvalue weighted by atomic mass is 32.2. The Morgan fingerprint density at radius 1 is 1.60 bits per heavy atom. The van der Waals surface area contributed by atoms with Crippen LogP contribution in [0.15, 0.2) is 0 Å². The monoisotopic (exact) mass is 235 g/mol. The van der Waals surface area contributed by atoms with Gasteiger partial charge in [0.25, 0.3) is 0 Å². The van der Waals surface area contributed by atoms with Gasteiger partial charge in [-0.05, 0) is 12.8 Å². The van der Waals surface area contributed by atoms with E-state index in [1.54, 1.807) is 0 Å². The fourth-order valence-electron chi connectivity index (χ4n) is 2.25. The maximum Gasteiger partial charge on any atom is 0.307 e. The molecule has 15 heavy (non-hydrogen) atoms. The van der Waals surface area contributed by atoms with E-state index in [4.69, 9.17) is 5.73 Å². The molecule has 1 rings (SSSR count). The summed E-state index contributed by atoms with van der Waals surface area (Å²) in [7, 11) is -1.92. The predicted molar refractivity (Wildman–Crippen MR) is 56.0 cm³/mol. The lowest BCUT2D eigenvalue weighted by Crippen LogP contribution is -2.51. The van der Waals surface area contributed by atoms with Gasteiger partial charge in [0.05, 0.1) is 18.8 Å². The first kappa shape index (κ1) is 12.4. The second-order valence-electron chi connectivity index (χ2n) is 4.20. The first-order chi connectivity index (χ1) is 6.79. The van der Waals surface area contributed by atoms with Crippen molar-refractivity contribution in [2.45, 2.75) is 36.5 Å². The number of ether oxygens (including phenoxy) is 1. The molecule has 1 fully saturated rings. The van der Waals surface area contributed by atoms with Gasteiger partial charge in [-0.3, -0.25) is 4.79 Å². The van der Waals surface area contributed by atoms with Crippen molar-refractivity contribution in [3.05, 3.63) is 0 Å². The van der Waals surface area contributed by atoms with Gasteiger partial charge in [0.15, 0.2) is 9.84 Å². The fourth-order valence-corrected chi connectivity index (χ4v) is 3.90. The highest BCUT2D eigenvalue weighted by Crippen LogP contribution is 2.35. The molecule has 0 aromatic heterocycles. The van der Waals surface area contributed by atoms with E-state index >= 15 is 0 Å². The van der Waals surface area contributed by atoms with Crippen LogP contribution >= 0.6 is 0 Å². The normalized spacial score (nSPS) is 31.5. The molecule has 1 aliphatic carbocycles. The van der Waals surface area contributed by atoms with Crippen molar-refractivity contribution < 1.29 is 17.9 Å². The minimum absolute atomic E-state index is 0.0266. The smallest absolute Gasteiger partial charge is 0.307 e. The Balaban J connectivity index is 2.87. The Morgan fingerprint density at radius 2 is 2.20 bits per heavy atom. The van der Waals surface area contributed by atoms with Crippen molar-refractivity contribution in [3.63, 3.8) is 0 Å². The van der Waals surface area contributed by atoms with E-state index < -0.39 is 26.6 Å². The van der Waals surface area contributed by atoms with Crippen LogP contribution in [-0.2, 0) is 19.4 Å². The molecular formula is C9H17NO4S. The molecule has 0 saturated heterocycles. The topological polar surface area (TPSA) is 86.5 Å². The van der Waals surface area contributed by atoms with Crippen molar-refractivity contribution in [1.29, 1.82) is 0 Å². The van der Waals surface area contributed by atoms with Gasteiger partial charge >= 0.3 is 5.97 Å². The zero-order chi connectivity index (χ0) is 11.7. The number of methoxy groups -OCH3 is 1. The molecule has 0 aliphatic heterocycles. The second kappa shape index (κ2) is 4.09. The molecule has 88 valence electrons. The fraction of sp³-hybridized carbons (Fsp3) is 0.889. The summed E-state index contributed by atoms with van der Waals surface area (Å²) in [4.78, 5) is 11.1. The van der Waals surface area contributed by atoms with E-state index in [0.29, 0.717) is 12.8 Å². The van der Waals surface area contributed by atoms with Crippen molar-refractivity contribution in [2.24, 2.45) is 5.73 Å². The van der Waals surface area contributed by atoms with E-state index in [0.717, 1.165) is 6.42 Å². The minimum atomic E-state index is -3.20. The standard InChI is InChI=1S/C9H17NO4S/c1-14-8(11)6-9(10)5-3-4-7(9)15(2,12)13/h7H,3-6,10H2,1-2H3. The number of sulfone groups is 1. The molecule has 6 heteroatoms. The lowest BCUT2D eigenvalue weighted by atomic mass is 9.94. The van der Waals surface area contributed by atoms with Crippen LogP contribution in [0.5, 0.6) is 0 Å². The van der Waals surface area contributed by atoms with Crippen LogP contribution in [0.4, 0.5) is 0 Å². The van der Waals surface area contributed by atoms with Crippen molar-refractivity contribution >= 4 is 15.8 Å². The molecule has 0 radical (unpaired) electrons. The third-order valence-electron chi connectivity index (χ3n) is 2.97. The summed E-state index contributed by atoms with van der Waals surface area (Å²) < 4.78 is 27.5. The number of hydrogen-bond acceptors (Lipinski definition) is 5. The van der Waals surface area contributed by atoms with Gasteiger partial charge in [0.2, 0.25) is 0 Å². The highest BCUT2D eigenvalue weighted by molar-refractivity contribution is 7.91. The van der Waals surface area contributed by atoms with E-state index in [1.165, 1.54) is 13.4 Å². The number of carbonyl (C=O) groups excluding carboxylic acids is 1. The van der Waals surface area contributed by atoms with Crippen LogP contribution in [0, 0.1) is 0 Å². The van der Waals surface area contributed by atoms with E-state index in [1.807, 2.05) is 0 Å². The molecule has 0 aromatic carbocycles. The number of nitrogens with two attached hydrogens (primary N) is 1. The molecule has 0 heterocycles. The Labute approximate surface area is 89.9 Å². The Morgan fingerprint density at radius 3 is 2.67 bits per heavy atom. The van der Waals surface area contributed by atoms with Crippen LogP contribution in [0.25, 0.3) is 0 Å². The number of rotatable bonds is 3. The summed E-state index contributed by atoms with van der Waals surface area (Å²) in [5.41, 5.74) is 5.04. The lowest BCUT2D eigenvalue weighted by Gasteiger charge is -2.28. The summed E-state index contributed by atoms with van der Waals surface area (Å²) in [6, 6.07) is 0. The van der Waals surface area contributed by atoms with Gasteiger partial charge < -0.3 is 10.5 Å². The summed E-state index contributed by atoms with van der Waals surface area (Å²) in [5.74, 6) is -0.451. The zero-order valence-corrected chi connectivity index (χ0v) is 9.84. The number of carbonyl (C=O) groups is 1. The van der Waals surface area contributed by atoms with Gasteiger partial charge in [-0.1, -0.05) is 6.42 Å². The van der Waals surface area contributed by atoms with Gasteiger partial charge in [-0.2, -0.15) is 0 Å². The van der Waals surface area contributed by atoms with Gasteiger partial charge in [-0.15, -0.1) is 0 Å². The quantitative estimate of drug-likeness (QED) is 0.687. The molecule has 2 atom stereocenters. The van der Waals surface area contributed by atoms with Crippen molar-refractivity contribution in [1.82, 2.24) is 0 Å². The van der Waals surface area contributed by atoms with Crippen molar-refractivity contribution in [3.8, 4) is 0 Å². The van der Waals surface area contributed by atoms with Crippen LogP contribution in [0.1, 0.15) is 25.7 Å². The summed E-state index contributed by atoms with van der Waals surface area (Å²) in [6.45, 7) is 0. The first-order valence-corrected chi connectivity index (χ1v) is 6.79. The van der Waals surface area contributed by atoms with Crippen LogP contribution in [0.2, 0.25) is 0 Å². The molecule has 2 N–H and O–H groups in total. The zero-order valence-electron chi connectivity index (χ0n) is 9.02. The largest absolute Gasteiger partial charge is 0.469 e. The van der Waals surface area contributed by atoms with Crippen LogP contribution in [0.3, 0.4) is 0 Å². The SMILES string of the molecule is COC(=O)CC1(N)CCCC1S(C)(=O)=O. The minimum Gasteiger partial charge on any atom is -0.469 e. The molecule has 1 saturated carbocycles. The maximum absolute atomic E-state index is 11.5. The van der Waals surface area contributed by atoms with Crippen LogP contribution in [-0.4, -0.2) is 38.5 Å². The van der Waals surface area contributed by atoms with Crippen molar-refractivity contribution in [2.75, 3.05) is 13.4 Å². The predicted octanol–water partition coefficient (Wildman–Crippen LogP) is -0.156. The second-order valence-corrected chi connectivity index (χ2v) is 6.42. The molecule has 0 spiro atoms. The Hall–Kier alpha value is -0.620. The Kier molecular flexibility index (Phi) is 3.40. The van der Waals surface area contributed by atoms with Crippen LogP contribution < -0.4 is 5.73 Å². The number of esters is 1. The summed E-state index contributed by atoms with van der Waals surface area (Å²) in [5, 5.41) is -0.621. The molecule has 0 aromatic rings. The molecule has 5 nitrogen and oxygen atoms in total. The Bertz CT molecular complexity index is 351.